The number of likely N-dealkylation sites (N-methyl/N-ethyl adjacent to an activating group) is 1. The van der Waals surface area contributed by atoms with Crippen molar-refractivity contribution in [2.75, 3.05) is 19.6 Å². The number of rotatable bonds is 7. The summed E-state index contributed by atoms with van der Waals surface area (Å²) in [5.74, 6) is 0. The fourth-order valence-corrected chi connectivity index (χ4v) is 4.94. The van der Waals surface area contributed by atoms with Crippen molar-refractivity contribution in [3.63, 3.8) is 0 Å². The number of hydrogen-bond acceptors (Lipinski definition) is 3. The quantitative estimate of drug-likeness (QED) is 0.784. The Kier molecular flexibility index (Phi) is 5.91. The van der Waals surface area contributed by atoms with Crippen molar-refractivity contribution in [3.8, 4) is 0 Å². The molecule has 1 saturated heterocycles. The number of halogens is 1. The molecule has 1 aliphatic rings. The van der Waals surface area contributed by atoms with Gasteiger partial charge < -0.3 is 5.32 Å². The topological polar surface area (TPSA) is 15.3 Å². The maximum absolute atomic E-state index is 6.18. The molecule has 2 nitrogen and oxygen atoms in total. The number of likely N-dealkylation sites (tertiary alicyclic amines) is 1. The van der Waals surface area contributed by atoms with Crippen LogP contribution >= 0.6 is 22.9 Å². The van der Waals surface area contributed by atoms with E-state index in [9.17, 15) is 0 Å². The Bertz CT molecular complexity index is 408. The fourth-order valence-electron chi connectivity index (χ4n) is 3.69. The third-order valence-electron chi connectivity index (χ3n) is 4.78. The molecule has 114 valence electrons. The average molecular weight is 315 g/mol. The van der Waals surface area contributed by atoms with E-state index in [0.717, 1.165) is 10.9 Å². The summed E-state index contributed by atoms with van der Waals surface area (Å²) in [5.41, 5.74) is 0.223. The van der Waals surface area contributed by atoms with Gasteiger partial charge in [-0.05, 0) is 57.5 Å². The van der Waals surface area contributed by atoms with Crippen molar-refractivity contribution in [1.82, 2.24) is 10.2 Å². The second-order valence-electron chi connectivity index (χ2n) is 5.64. The monoisotopic (exact) mass is 314 g/mol. The summed E-state index contributed by atoms with van der Waals surface area (Å²) in [5, 5.41) is 3.74. The first-order valence-electron chi connectivity index (χ1n) is 7.91. The SMILES string of the molecule is CCNC(c1ccc(Cl)s1)C(CC)(CC)N1CCCC1. The molecular weight excluding hydrogens is 288 g/mol. The molecule has 0 spiro atoms. The second-order valence-corrected chi connectivity index (χ2v) is 7.38. The molecule has 1 aliphatic heterocycles. The van der Waals surface area contributed by atoms with Crippen molar-refractivity contribution in [1.29, 1.82) is 0 Å². The van der Waals surface area contributed by atoms with E-state index in [-0.39, 0.29) is 5.54 Å². The first-order chi connectivity index (χ1) is 9.67. The third kappa shape index (κ3) is 3.06. The smallest absolute Gasteiger partial charge is 0.0931 e. The van der Waals surface area contributed by atoms with Crippen molar-refractivity contribution in [2.24, 2.45) is 0 Å². The Morgan fingerprint density at radius 3 is 2.35 bits per heavy atom. The van der Waals surface area contributed by atoms with E-state index in [1.165, 1.54) is 43.6 Å². The molecule has 0 aromatic carbocycles. The van der Waals surface area contributed by atoms with Crippen molar-refractivity contribution in [3.05, 3.63) is 21.3 Å². The number of thiophene rings is 1. The summed E-state index contributed by atoms with van der Waals surface area (Å²) < 4.78 is 0.894. The molecule has 0 aliphatic carbocycles. The van der Waals surface area contributed by atoms with E-state index in [0.29, 0.717) is 6.04 Å². The highest BCUT2D eigenvalue weighted by Gasteiger charge is 2.42. The van der Waals surface area contributed by atoms with Gasteiger partial charge >= 0.3 is 0 Å². The molecule has 1 N–H and O–H groups in total. The lowest BCUT2D eigenvalue weighted by Gasteiger charge is -2.47. The number of hydrogen-bond donors (Lipinski definition) is 1. The molecule has 1 atom stereocenters. The van der Waals surface area contributed by atoms with Gasteiger partial charge in [0.15, 0.2) is 0 Å². The van der Waals surface area contributed by atoms with Crippen LogP contribution in [-0.4, -0.2) is 30.1 Å². The molecule has 0 saturated carbocycles. The van der Waals surface area contributed by atoms with E-state index in [1.807, 2.05) is 6.07 Å². The molecular formula is C16H27ClN2S. The Hall–Kier alpha value is -0.0900. The summed E-state index contributed by atoms with van der Waals surface area (Å²) in [6.45, 7) is 10.3. The van der Waals surface area contributed by atoms with Crippen LogP contribution in [0.5, 0.6) is 0 Å². The Balaban J connectivity index is 2.35. The van der Waals surface area contributed by atoms with Gasteiger partial charge in [0.1, 0.15) is 0 Å². The first-order valence-corrected chi connectivity index (χ1v) is 9.11. The van der Waals surface area contributed by atoms with Gasteiger partial charge in [-0.15, -0.1) is 11.3 Å². The molecule has 1 fully saturated rings. The zero-order valence-electron chi connectivity index (χ0n) is 12.9. The highest BCUT2D eigenvalue weighted by atomic mass is 35.5. The van der Waals surface area contributed by atoms with E-state index in [2.05, 4.69) is 37.1 Å². The lowest BCUT2D eigenvalue weighted by Crippen LogP contribution is -2.54. The van der Waals surface area contributed by atoms with Gasteiger partial charge in [0.25, 0.3) is 0 Å². The van der Waals surface area contributed by atoms with Gasteiger partial charge in [0.05, 0.1) is 10.4 Å². The molecule has 0 bridgehead atoms. The van der Waals surface area contributed by atoms with Crippen LogP contribution in [0.25, 0.3) is 0 Å². The minimum Gasteiger partial charge on any atom is -0.308 e. The van der Waals surface area contributed by atoms with Crippen molar-refractivity contribution in [2.45, 2.75) is 58.0 Å². The third-order valence-corrected chi connectivity index (χ3v) is 6.08. The maximum Gasteiger partial charge on any atom is 0.0931 e. The molecule has 2 heterocycles. The number of nitrogens with one attached hydrogen (secondary N) is 1. The molecule has 20 heavy (non-hydrogen) atoms. The summed E-state index contributed by atoms with van der Waals surface area (Å²) in [6.07, 6.45) is 5.03. The van der Waals surface area contributed by atoms with Gasteiger partial charge in [0.2, 0.25) is 0 Å². The minimum absolute atomic E-state index is 0.223. The van der Waals surface area contributed by atoms with Gasteiger partial charge in [-0.25, -0.2) is 0 Å². The van der Waals surface area contributed by atoms with Gasteiger partial charge in [-0.3, -0.25) is 4.90 Å². The van der Waals surface area contributed by atoms with Crippen LogP contribution in [0.2, 0.25) is 4.34 Å². The normalized spacial score (nSPS) is 18.6. The first kappa shape index (κ1) is 16.3. The molecule has 1 unspecified atom stereocenters. The van der Waals surface area contributed by atoms with E-state index >= 15 is 0 Å². The van der Waals surface area contributed by atoms with E-state index < -0.39 is 0 Å². The Labute approximate surface area is 132 Å². The maximum atomic E-state index is 6.18. The highest BCUT2D eigenvalue weighted by molar-refractivity contribution is 7.16. The van der Waals surface area contributed by atoms with Crippen LogP contribution in [0.3, 0.4) is 0 Å². The minimum atomic E-state index is 0.223. The summed E-state index contributed by atoms with van der Waals surface area (Å²) >= 11 is 7.91. The molecule has 0 radical (unpaired) electrons. The average Bonchev–Trinajstić information content (AvgIpc) is 3.11. The predicted octanol–water partition coefficient (Wildman–Crippen LogP) is 4.71. The van der Waals surface area contributed by atoms with Crippen molar-refractivity contribution >= 4 is 22.9 Å². The van der Waals surface area contributed by atoms with Crippen LogP contribution in [0, 0.1) is 0 Å². The molecule has 0 amide bonds. The molecule has 2 rings (SSSR count). The highest BCUT2D eigenvalue weighted by Crippen LogP contribution is 2.42. The van der Waals surface area contributed by atoms with E-state index in [4.69, 9.17) is 11.6 Å². The van der Waals surface area contributed by atoms with Gasteiger partial charge in [-0.1, -0.05) is 32.4 Å². The Morgan fingerprint density at radius 1 is 1.25 bits per heavy atom. The van der Waals surface area contributed by atoms with Crippen LogP contribution in [0.4, 0.5) is 0 Å². The van der Waals surface area contributed by atoms with Crippen molar-refractivity contribution < 1.29 is 0 Å². The van der Waals surface area contributed by atoms with Crippen LogP contribution in [0.15, 0.2) is 12.1 Å². The molecule has 1 aromatic rings. The lowest BCUT2D eigenvalue weighted by molar-refractivity contribution is 0.0636. The molecule has 1 aromatic heterocycles. The second kappa shape index (κ2) is 7.26. The zero-order valence-corrected chi connectivity index (χ0v) is 14.5. The van der Waals surface area contributed by atoms with Gasteiger partial charge in [0, 0.05) is 10.4 Å². The zero-order chi connectivity index (χ0) is 14.6. The van der Waals surface area contributed by atoms with Gasteiger partial charge in [-0.2, -0.15) is 0 Å². The van der Waals surface area contributed by atoms with Crippen LogP contribution < -0.4 is 5.32 Å². The van der Waals surface area contributed by atoms with Crippen LogP contribution in [-0.2, 0) is 0 Å². The largest absolute Gasteiger partial charge is 0.308 e. The summed E-state index contributed by atoms with van der Waals surface area (Å²) in [7, 11) is 0. The molecule has 4 heteroatoms. The lowest BCUT2D eigenvalue weighted by atomic mass is 9.81. The predicted molar refractivity (Wildman–Crippen MR) is 89.9 cm³/mol. The van der Waals surface area contributed by atoms with Crippen LogP contribution in [0.1, 0.15) is 57.4 Å². The summed E-state index contributed by atoms with van der Waals surface area (Å²) in [4.78, 5) is 4.10. The van der Waals surface area contributed by atoms with E-state index in [1.54, 1.807) is 11.3 Å². The Morgan fingerprint density at radius 2 is 1.90 bits per heavy atom. The summed E-state index contributed by atoms with van der Waals surface area (Å²) in [6, 6.07) is 4.63. The number of nitrogens with zero attached hydrogens (tertiary/aromatic N) is 1. The standard InChI is InChI=1S/C16H27ClN2S/c1-4-16(5-2,19-11-7-8-12-19)15(18-6-3)13-9-10-14(17)20-13/h9-10,15,18H,4-8,11-12H2,1-3H3. The fraction of sp³-hybridized carbons (Fsp3) is 0.750.